The monoisotopic (exact) mass is 319 g/mol. The van der Waals surface area contributed by atoms with Crippen LogP contribution in [0.2, 0.25) is 0 Å². The number of amides is 1. The quantitative estimate of drug-likeness (QED) is 0.917. The van der Waals surface area contributed by atoms with Gasteiger partial charge in [-0.3, -0.25) is 4.79 Å². The van der Waals surface area contributed by atoms with Crippen molar-refractivity contribution in [2.24, 2.45) is 0 Å². The largest absolute Gasteiger partial charge is 0.496 e. The van der Waals surface area contributed by atoms with Crippen molar-refractivity contribution in [1.29, 1.82) is 0 Å². The number of carbonyl (C=O) groups is 1. The van der Waals surface area contributed by atoms with Gasteiger partial charge in [0.1, 0.15) is 16.9 Å². The summed E-state index contributed by atoms with van der Waals surface area (Å²) in [5, 5.41) is 12.2. The molecule has 6 nitrogen and oxygen atoms in total. The number of benzene rings is 1. The second-order valence-electron chi connectivity index (χ2n) is 4.98. The fourth-order valence-corrected chi connectivity index (χ4v) is 3.22. The molecule has 1 fully saturated rings. The van der Waals surface area contributed by atoms with Crippen LogP contribution in [0.3, 0.4) is 0 Å². The fourth-order valence-electron chi connectivity index (χ4n) is 2.37. The number of hydrogen-bond donors (Lipinski definition) is 1. The van der Waals surface area contributed by atoms with Gasteiger partial charge in [0.05, 0.1) is 13.5 Å². The molecule has 0 saturated carbocycles. The SMILES string of the molecule is COc1ccccc1CC(=O)Nc1nnc(C2CCCO2)s1. The third kappa shape index (κ3) is 3.42. The van der Waals surface area contributed by atoms with Gasteiger partial charge in [0.25, 0.3) is 0 Å². The number of methoxy groups -OCH3 is 1. The zero-order chi connectivity index (χ0) is 15.4. The minimum Gasteiger partial charge on any atom is -0.496 e. The molecule has 1 aliphatic heterocycles. The molecule has 2 heterocycles. The molecule has 0 bridgehead atoms. The van der Waals surface area contributed by atoms with Crippen molar-refractivity contribution in [2.75, 3.05) is 19.0 Å². The zero-order valence-corrected chi connectivity index (χ0v) is 13.1. The van der Waals surface area contributed by atoms with Crippen molar-refractivity contribution in [3.63, 3.8) is 0 Å². The summed E-state index contributed by atoms with van der Waals surface area (Å²) >= 11 is 1.37. The highest BCUT2D eigenvalue weighted by Gasteiger charge is 2.22. The Labute approximate surface area is 132 Å². The number of nitrogens with one attached hydrogen (secondary N) is 1. The lowest BCUT2D eigenvalue weighted by molar-refractivity contribution is -0.115. The van der Waals surface area contributed by atoms with E-state index < -0.39 is 0 Å². The minimum absolute atomic E-state index is 0.0253. The lowest BCUT2D eigenvalue weighted by Crippen LogP contribution is -2.14. The highest BCUT2D eigenvalue weighted by molar-refractivity contribution is 7.15. The van der Waals surface area contributed by atoms with Crippen LogP contribution in [0.5, 0.6) is 5.75 Å². The number of aromatic nitrogens is 2. The zero-order valence-electron chi connectivity index (χ0n) is 12.2. The molecule has 1 N–H and O–H groups in total. The Morgan fingerprint density at radius 3 is 3.09 bits per heavy atom. The Balaban J connectivity index is 1.62. The van der Waals surface area contributed by atoms with Crippen LogP contribution in [0.4, 0.5) is 5.13 Å². The van der Waals surface area contributed by atoms with E-state index >= 15 is 0 Å². The van der Waals surface area contributed by atoms with Crippen molar-refractivity contribution >= 4 is 22.4 Å². The smallest absolute Gasteiger partial charge is 0.230 e. The van der Waals surface area contributed by atoms with Crippen LogP contribution in [0, 0.1) is 0 Å². The van der Waals surface area contributed by atoms with Crippen molar-refractivity contribution in [3.8, 4) is 5.75 Å². The molecule has 1 atom stereocenters. The normalized spacial score (nSPS) is 17.4. The molecule has 22 heavy (non-hydrogen) atoms. The number of carbonyl (C=O) groups excluding carboxylic acids is 1. The fraction of sp³-hybridized carbons (Fsp3) is 0.400. The Morgan fingerprint density at radius 1 is 1.45 bits per heavy atom. The van der Waals surface area contributed by atoms with E-state index in [1.54, 1.807) is 7.11 Å². The van der Waals surface area contributed by atoms with Crippen LogP contribution < -0.4 is 10.1 Å². The summed E-state index contributed by atoms with van der Waals surface area (Å²) in [6.07, 6.45) is 2.26. The molecule has 1 saturated heterocycles. The topological polar surface area (TPSA) is 73.3 Å². The lowest BCUT2D eigenvalue weighted by Gasteiger charge is -2.07. The Morgan fingerprint density at radius 2 is 2.32 bits per heavy atom. The third-order valence-electron chi connectivity index (χ3n) is 3.44. The van der Waals surface area contributed by atoms with Gasteiger partial charge in [0.2, 0.25) is 11.0 Å². The van der Waals surface area contributed by atoms with Crippen LogP contribution in [0.15, 0.2) is 24.3 Å². The Kier molecular flexibility index (Phi) is 4.65. The molecule has 2 aromatic rings. The summed E-state index contributed by atoms with van der Waals surface area (Å²) in [4.78, 5) is 12.1. The van der Waals surface area contributed by atoms with Gasteiger partial charge in [-0.25, -0.2) is 0 Å². The van der Waals surface area contributed by atoms with E-state index in [4.69, 9.17) is 9.47 Å². The second-order valence-corrected chi connectivity index (χ2v) is 5.99. The molecule has 1 aromatic heterocycles. The van der Waals surface area contributed by atoms with E-state index in [2.05, 4.69) is 15.5 Å². The molecule has 0 aliphatic carbocycles. The number of para-hydroxylation sites is 1. The third-order valence-corrected chi connectivity index (χ3v) is 4.37. The first-order valence-corrected chi connectivity index (χ1v) is 7.94. The molecule has 7 heteroatoms. The van der Waals surface area contributed by atoms with E-state index in [1.165, 1.54) is 11.3 Å². The van der Waals surface area contributed by atoms with E-state index in [9.17, 15) is 4.79 Å². The summed E-state index contributed by atoms with van der Waals surface area (Å²) < 4.78 is 10.8. The van der Waals surface area contributed by atoms with Crippen LogP contribution >= 0.6 is 11.3 Å². The molecular formula is C15H17N3O3S. The van der Waals surface area contributed by atoms with Gasteiger partial charge >= 0.3 is 0 Å². The van der Waals surface area contributed by atoms with Crippen molar-refractivity contribution < 1.29 is 14.3 Å². The van der Waals surface area contributed by atoms with Crippen LogP contribution in [-0.4, -0.2) is 29.8 Å². The van der Waals surface area contributed by atoms with Gasteiger partial charge in [-0.1, -0.05) is 29.5 Å². The Hall–Kier alpha value is -1.99. The number of rotatable bonds is 5. The lowest BCUT2D eigenvalue weighted by atomic mass is 10.1. The summed E-state index contributed by atoms with van der Waals surface area (Å²) in [5.41, 5.74) is 0.839. The maximum Gasteiger partial charge on any atom is 0.230 e. The molecule has 0 radical (unpaired) electrons. The van der Waals surface area contributed by atoms with Crippen LogP contribution in [0.25, 0.3) is 0 Å². The highest BCUT2D eigenvalue weighted by atomic mass is 32.1. The molecule has 1 aliphatic rings. The van der Waals surface area contributed by atoms with Crippen LogP contribution in [0.1, 0.15) is 29.5 Å². The predicted molar refractivity (Wildman–Crippen MR) is 83.2 cm³/mol. The first-order chi connectivity index (χ1) is 10.8. The highest BCUT2D eigenvalue weighted by Crippen LogP contribution is 2.31. The number of ether oxygens (including phenoxy) is 2. The van der Waals surface area contributed by atoms with Crippen molar-refractivity contribution in [1.82, 2.24) is 10.2 Å². The molecule has 1 amide bonds. The second kappa shape index (κ2) is 6.85. The minimum atomic E-state index is -0.139. The standard InChI is InChI=1S/C15H17N3O3S/c1-20-11-6-3-2-5-10(11)9-13(19)16-15-18-17-14(22-15)12-7-4-8-21-12/h2-3,5-6,12H,4,7-9H2,1H3,(H,16,18,19). The average Bonchev–Trinajstić information content (AvgIpc) is 3.18. The molecule has 0 spiro atoms. The van der Waals surface area contributed by atoms with Gasteiger partial charge in [0.15, 0.2) is 0 Å². The summed E-state index contributed by atoms with van der Waals surface area (Å²) in [6.45, 7) is 0.764. The van der Waals surface area contributed by atoms with E-state index in [0.717, 1.165) is 30.0 Å². The molecule has 1 unspecified atom stereocenters. The van der Waals surface area contributed by atoms with Crippen molar-refractivity contribution in [2.45, 2.75) is 25.4 Å². The first kappa shape index (κ1) is 14.9. The maximum atomic E-state index is 12.1. The van der Waals surface area contributed by atoms with Gasteiger partial charge in [-0.15, -0.1) is 10.2 Å². The molecule has 3 rings (SSSR count). The number of hydrogen-bond acceptors (Lipinski definition) is 6. The molecule has 116 valence electrons. The maximum absolute atomic E-state index is 12.1. The molecular weight excluding hydrogens is 302 g/mol. The van der Waals surface area contributed by atoms with Crippen LogP contribution in [-0.2, 0) is 16.0 Å². The first-order valence-electron chi connectivity index (χ1n) is 7.13. The van der Waals surface area contributed by atoms with E-state index in [1.807, 2.05) is 24.3 Å². The van der Waals surface area contributed by atoms with E-state index in [-0.39, 0.29) is 18.4 Å². The summed E-state index contributed by atoms with van der Waals surface area (Å²) in [6, 6.07) is 7.46. The van der Waals surface area contributed by atoms with Gasteiger partial charge < -0.3 is 14.8 Å². The Bertz CT molecular complexity index is 653. The van der Waals surface area contributed by atoms with E-state index in [0.29, 0.717) is 10.9 Å². The molecule has 1 aromatic carbocycles. The van der Waals surface area contributed by atoms with Crippen molar-refractivity contribution in [3.05, 3.63) is 34.8 Å². The predicted octanol–water partition coefficient (Wildman–Crippen LogP) is 2.58. The number of nitrogens with zero attached hydrogens (tertiary/aromatic N) is 2. The summed E-state index contributed by atoms with van der Waals surface area (Å²) in [5.74, 6) is 0.564. The average molecular weight is 319 g/mol. The summed E-state index contributed by atoms with van der Waals surface area (Å²) in [7, 11) is 1.59. The number of anilines is 1. The van der Waals surface area contributed by atoms with Gasteiger partial charge in [-0.2, -0.15) is 0 Å². The van der Waals surface area contributed by atoms with Gasteiger partial charge in [0, 0.05) is 12.2 Å². The van der Waals surface area contributed by atoms with Gasteiger partial charge in [-0.05, 0) is 18.9 Å².